The molecule has 0 aliphatic carbocycles. The number of carbonyl (C=O) groups is 2. The summed E-state index contributed by atoms with van der Waals surface area (Å²) in [5, 5.41) is 8.65. The molecule has 0 fully saturated rings. The number of carbonyl (C=O) groups excluding carboxylic acids is 1. The first-order valence-corrected chi connectivity index (χ1v) is 6.08. The minimum Gasteiger partial charge on any atom is -0.478 e. The Labute approximate surface area is 117 Å². The number of hydrogen-bond acceptors (Lipinski definition) is 4. The van der Waals surface area contributed by atoms with Crippen LogP contribution in [0.3, 0.4) is 0 Å². The van der Waals surface area contributed by atoms with Crippen LogP contribution in [0.4, 0.5) is 0 Å². The number of ether oxygens (including phenoxy) is 1. The van der Waals surface area contributed by atoms with Crippen molar-refractivity contribution in [1.29, 1.82) is 0 Å². The molecule has 1 heterocycles. The van der Waals surface area contributed by atoms with E-state index in [1.807, 2.05) is 6.92 Å². The van der Waals surface area contributed by atoms with Gasteiger partial charge in [-0.05, 0) is 19.1 Å². The van der Waals surface area contributed by atoms with E-state index in [0.29, 0.717) is 17.7 Å². The molecule has 6 nitrogen and oxygen atoms in total. The van der Waals surface area contributed by atoms with Gasteiger partial charge >= 0.3 is 5.97 Å². The number of carboxylic acid groups (broad SMARTS) is 1. The molecule has 0 radical (unpaired) electrons. The lowest BCUT2D eigenvalue weighted by atomic mass is 10.1. The van der Waals surface area contributed by atoms with Gasteiger partial charge in [-0.1, -0.05) is 0 Å². The molecule has 0 spiro atoms. The number of methoxy groups -OCH3 is 1. The molecular formula is C14H18N2O4. The third-order valence-electron chi connectivity index (χ3n) is 2.88. The second-order valence-corrected chi connectivity index (χ2v) is 4.35. The van der Waals surface area contributed by atoms with Crippen LogP contribution in [0.5, 0.6) is 0 Å². The molecule has 0 saturated heterocycles. The van der Waals surface area contributed by atoms with Crippen LogP contribution in [0.1, 0.15) is 22.8 Å². The number of carboxylic acids is 1. The third-order valence-corrected chi connectivity index (χ3v) is 2.88. The van der Waals surface area contributed by atoms with E-state index in [-0.39, 0.29) is 11.9 Å². The Morgan fingerprint density at radius 1 is 1.55 bits per heavy atom. The zero-order chi connectivity index (χ0) is 15.1. The number of likely N-dealkylation sites (N-methyl/N-ethyl adjacent to an activating group) is 1. The van der Waals surface area contributed by atoms with E-state index in [9.17, 15) is 9.59 Å². The second-order valence-electron chi connectivity index (χ2n) is 4.35. The zero-order valence-corrected chi connectivity index (χ0v) is 11.7. The van der Waals surface area contributed by atoms with E-state index in [2.05, 4.69) is 4.98 Å². The average Bonchev–Trinajstić information content (AvgIpc) is 2.44. The molecule has 6 heteroatoms. The first kappa shape index (κ1) is 15.8. The highest BCUT2D eigenvalue weighted by molar-refractivity contribution is 5.98. The van der Waals surface area contributed by atoms with Gasteiger partial charge in [-0.25, -0.2) is 4.79 Å². The molecule has 1 N–H and O–H groups in total. The van der Waals surface area contributed by atoms with Gasteiger partial charge in [-0.2, -0.15) is 0 Å². The summed E-state index contributed by atoms with van der Waals surface area (Å²) < 4.78 is 5.02. The van der Waals surface area contributed by atoms with Crippen molar-refractivity contribution in [3.63, 3.8) is 0 Å². The normalized spacial score (nSPS) is 12.3. The van der Waals surface area contributed by atoms with Gasteiger partial charge in [0.05, 0.1) is 12.6 Å². The van der Waals surface area contributed by atoms with Gasteiger partial charge in [0.25, 0.3) is 5.91 Å². The third kappa shape index (κ3) is 4.17. The number of nitrogens with zero attached hydrogens (tertiary/aromatic N) is 2. The van der Waals surface area contributed by atoms with E-state index in [1.165, 1.54) is 18.5 Å². The fraction of sp³-hybridized carbons (Fsp3) is 0.357. The highest BCUT2D eigenvalue weighted by atomic mass is 16.5. The number of hydrogen-bond donors (Lipinski definition) is 1. The van der Waals surface area contributed by atoms with Gasteiger partial charge < -0.3 is 14.7 Å². The van der Waals surface area contributed by atoms with E-state index in [0.717, 1.165) is 6.08 Å². The molecule has 0 saturated carbocycles. The quantitative estimate of drug-likeness (QED) is 0.793. The van der Waals surface area contributed by atoms with E-state index >= 15 is 0 Å². The zero-order valence-electron chi connectivity index (χ0n) is 11.7. The van der Waals surface area contributed by atoms with Crippen LogP contribution >= 0.6 is 0 Å². The van der Waals surface area contributed by atoms with Crippen LogP contribution in [-0.2, 0) is 9.53 Å². The second kappa shape index (κ2) is 7.40. The van der Waals surface area contributed by atoms with Crippen LogP contribution in [0.15, 0.2) is 24.5 Å². The Morgan fingerprint density at radius 3 is 2.85 bits per heavy atom. The highest BCUT2D eigenvalue weighted by Crippen LogP contribution is 2.13. The van der Waals surface area contributed by atoms with Gasteiger partial charge in [0.2, 0.25) is 0 Å². The first-order valence-electron chi connectivity index (χ1n) is 6.08. The van der Waals surface area contributed by atoms with Crippen LogP contribution in [0.2, 0.25) is 0 Å². The Morgan fingerprint density at radius 2 is 2.25 bits per heavy atom. The maximum atomic E-state index is 12.4. The lowest BCUT2D eigenvalue weighted by molar-refractivity contribution is -0.131. The number of aliphatic carboxylic acids is 1. The monoisotopic (exact) mass is 278 g/mol. The van der Waals surface area contributed by atoms with Crippen molar-refractivity contribution < 1.29 is 19.4 Å². The van der Waals surface area contributed by atoms with Crippen molar-refractivity contribution in [3.05, 3.63) is 35.7 Å². The minimum atomic E-state index is -1.08. The molecule has 1 aromatic rings. The SMILES string of the molecule is COCC(C)N(C)C(=O)c1ccncc1C=CC(=O)O. The highest BCUT2D eigenvalue weighted by Gasteiger charge is 2.19. The summed E-state index contributed by atoms with van der Waals surface area (Å²) in [5.41, 5.74) is 0.874. The summed E-state index contributed by atoms with van der Waals surface area (Å²) in [7, 11) is 3.25. The van der Waals surface area contributed by atoms with Gasteiger partial charge in [0.1, 0.15) is 0 Å². The molecule has 20 heavy (non-hydrogen) atoms. The number of aromatic nitrogens is 1. The summed E-state index contributed by atoms with van der Waals surface area (Å²) in [6, 6.07) is 1.48. The van der Waals surface area contributed by atoms with Gasteiger partial charge in [-0.3, -0.25) is 9.78 Å². The molecule has 1 rings (SSSR count). The molecule has 1 unspecified atom stereocenters. The van der Waals surface area contributed by atoms with Crippen LogP contribution in [0.25, 0.3) is 6.08 Å². The Bertz CT molecular complexity index is 514. The number of rotatable bonds is 6. The molecule has 0 bridgehead atoms. The fourth-order valence-electron chi connectivity index (χ4n) is 1.64. The van der Waals surface area contributed by atoms with E-state index < -0.39 is 5.97 Å². The van der Waals surface area contributed by atoms with Crippen LogP contribution < -0.4 is 0 Å². The maximum Gasteiger partial charge on any atom is 0.328 e. The topological polar surface area (TPSA) is 79.7 Å². The molecule has 0 aliphatic rings. The summed E-state index contributed by atoms with van der Waals surface area (Å²) in [6.45, 7) is 2.29. The van der Waals surface area contributed by atoms with Gasteiger partial charge in [0, 0.05) is 43.8 Å². The van der Waals surface area contributed by atoms with Crippen molar-refractivity contribution in [3.8, 4) is 0 Å². The predicted octanol–water partition coefficient (Wildman–Crippen LogP) is 1.29. The predicted molar refractivity (Wildman–Crippen MR) is 74.3 cm³/mol. The van der Waals surface area contributed by atoms with Gasteiger partial charge in [-0.15, -0.1) is 0 Å². The lowest BCUT2D eigenvalue weighted by Crippen LogP contribution is -2.38. The van der Waals surface area contributed by atoms with Crippen molar-refractivity contribution in [2.45, 2.75) is 13.0 Å². The largest absolute Gasteiger partial charge is 0.478 e. The molecule has 1 atom stereocenters. The average molecular weight is 278 g/mol. The Hall–Kier alpha value is -2.21. The fourth-order valence-corrected chi connectivity index (χ4v) is 1.64. The van der Waals surface area contributed by atoms with E-state index in [4.69, 9.17) is 9.84 Å². The molecule has 1 aromatic heterocycles. The lowest BCUT2D eigenvalue weighted by Gasteiger charge is -2.24. The molecular weight excluding hydrogens is 260 g/mol. The van der Waals surface area contributed by atoms with Crippen LogP contribution in [0, 0.1) is 0 Å². The molecule has 108 valence electrons. The Kier molecular flexibility index (Phi) is 5.86. The standard InChI is InChI=1S/C14H18N2O4/c1-10(9-20-3)16(2)14(19)12-6-7-15-8-11(12)4-5-13(17)18/h4-8,10H,9H2,1-3H3,(H,17,18). The molecule has 0 aliphatic heterocycles. The summed E-state index contributed by atoms with van der Waals surface area (Å²) in [6.07, 6.45) is 5.30. The number of amides is 1. The summed E-state index contributed by atoms with van der Waals surface area (Å²) in [5.74, 6) is -1.28. The Balaban J connectivity index is 3.01. The number of pyridine rings is 1. The van der Waals surface area contributed by atoms with Crippen molar-refractivity contribution in [2.24, 2.45) is 0 Å². The van der Waals surface area contributed by atoms with Crippen molar-refractivity contribution in [2.75, 3.05) is 20.8 Å². The molecule has 1 amide bonds. The first-order chi connectivity index (χ1) is 9.47. The van der Waals surface area contributed by atoms with Crippen LogP contribution in [-0.4, -0.2) is 53.7 Å². The maximum absolute atomic E-state index is 12.4. The van der Waals surface area contributed by atoms with Crippen molar-refractivity contribution >= 4 is 18.0 Å². The van der Waals surface area contributed by atoms with E-state index in [1.54, 1.807) is 25.1 Å². The van der Waals surface area contributed by atoms with Gasteiger partial charge in [0.15, 0.2) is 0 Å². The smallest absolute Gasteiger partial charge is 0.328 e. The molecule has 0 aromatic carbocycles. The summed E-state index contributed by atoms with van der Waals surface area (Å²) in [4.78, 5) is 28.4. The summed E-state index contributed by atoms with van der Waals surface area (Å²) >= 11 is 0. The minimum absolute atomic E-state index is 0.0861. The van der Waals surface area contributed by atoms with Crippen molar-refractivity contribution in [1.82, 2.24) is 9.88 Å².